The van der Waals surface area contributed by atoms with Gasteiger partial charge in [0.1, 0.15) is 12.0 Å². The van der Waals surface area contributed by atoms with Gasteiger partial charge in [-0.15, -0.1) is 0 Å². The minimum absolute atomic E-state index is 0.0326. The summed E-state index contributed by atoms with van der Waals surface area (Å²) in [5.74, 6) is 0.348. The number of rotatable bonds is 2. The molecule has 2 heterocycles. The molecule has 1 aliphatic rings. The summed E-state index contributed by atoms with van der Waals surface area (Å²) in [6, 6.07) is 3.45. The van der Waals surface area contributed by atoms with E-state index in [1.807, 2.05) is 0 Å². The second kappa shape index (κ2) is 4.57. The molecule has 0 radical (unpaired) electrons. The molecule has 4 heteroatoms. The predicted molar refractivity (Wildman–Crippen MR) is 58.1 cm³/mol. The lowest BCUT2D eigenvalue weighted by molar-refractivity contribution is 0.195. The Hall–Kier alpha value is -1.16. The topological polar surface area (TPSA) is 50.9 Å². The van der Waals surface area contributed by atoms with Crippen molar-refractivity contribution in [1.29, 1.82) is 0 Å². The maximum Gasteiger partial charge on any atom is 0.133 e. The van der Waals surface area contributed by atoms with Crippen LogP contribution in [0, 0.1) is 5.92 Å². The van der Waals surface area contributed by atoms with Crippen LogP contribution in [0.5, 0.6) is 0 Å². The Labute approximate surface area is 88.9 Å². The molecule has 1 fully saturated rings. The van der Waals surface area contributed by atoms with Crippen LogP contribution in [0.25, 0.3) is 0 Å². The van der Waals surface area contributed by atoms with Gasteiger partial charge < -0.3 is 11.1 Å². The van der Waals surface area contributed by atoms with E-state index in [0.717, 1.165) is 25.9 Å². The van der Waals surface area contributed by atoms with Gasteiger partial charge in [-0.2, -0.15) is 0 Å². The second-order valence-electron chi connectivity index (χ2n) is 3.99. The first kappa shape index (κ1) is 10.4. The van der Waals surface area contributed by atoms with Crippen LogP contribution in [-0.2, 0) is 0 Å². The molecule has 15 heavy (non-hydrogen) atoms. The number of alkyl halides is 1. The third-order valence-electron chi connectivity index (χ3n) is 2.92. The zero-order valence-corrected chi connectivity index (χ0v) is 8.62. The Kier molecular flexibility index (Phi) is 3.16. The van der Waals surface area contributed by atoms with Crippen LogP contribution in [0.4, 0.5) is 10.2 Å². The molecule has 2 unspecified atom stereocenters. The largest absolute Gasteiger partial charge is 0.383 e. The van der Waals surface area contributed by atoms with Crippen molar-refractivity contribution in [2.24, 2.45) is 5.92 Å². The van der Waals surface area contributed by atoms with E-state index >= 15 is 0 Å². The molecule has 2 atom stereocenters. The Bertz CT molecular complexity index is 323. The summed E-state index contributed by atoms with van der Waals surface area (Å²) in [4.78, 5) is 3.91. The van der Waals surface area contributed by atoms with E-state index in [2.05, 4.69) is 10.3 Å². The van der Waals surface area contributed by atoms with Gasteiger partial charge in [-0.05, 0) is 25.5 Å². The molecule has 0 spiro atoms. The van der Waals surface area contributed by atoms with Gasteiger partial charge in [0.25, 0.3) is 0 Å². The molecular formula is C11H16FN3. The van der Waals surface area contributed by atoms with Gasteiger partial charge in [-0.3, -0.25) is 0 Å². The average molecular weight is 209 g/mol. The first-order valence-electron chi connectivity index (χ1n) is 5.34. The first-order chi connectivity index (χ1) is 7.29. The molecule has 2 rings (SSSR count). The van der Waals surface area contributed by atoms with Gasteiger partial charge in [-0.1, -0.05) is 6.07 Å². The Morgan fingerprint density at radius 3 is 3.13 bits per heavy atom. The minimum Gasteiger partial charge on any atom is -0.383 e. The van der Waals surface area contributed by atoms with Crippen LogP contribution in [0.2, 0.25) is 0 Å². The zero-order chi connectivity index (χ0) is 10.7. The van der Waals surface area contributed by atoms with Gasteiger partial charge in [0.2, 0.25) is 0 Å². The number of hydrogen-bond acceptors (Lipinski definition) is 3. The van der Waals surface area contributed by atoms with E-state index in [1.54, 1.807) is 18.3 Å². The number of anilines is 1. The third kappa shape index (κ3) is 2.26. The Balaban J connectivity index is 2.12. The van der Waals surface area contributed by atoms with Crippen LogP contribution in [-0.4, -0.2) is 18.1 Å². The van der Waals surface area contributed by atoms with Crippen LogP contribution in [0.15, 0.2) is 18.3 Å². The number of aromatic nitrogens is 1. The maximum absolute atomic E-state index is 14.1. The number of hydrogen-bond donors (Lipinski definition) is 2. The summed E-state index contributed by atoms with van der Waals surface area (Å²) in [5.41, 5.74) is 6.19. The molecule has 0 aromatic carbocycles. The molecular weight excluding hydrogens is 193 g/mol. The highest BCUT2D eigenvalue weighted by atomic mass is 19.1. The summed E-state index contributed by atoms with van der Waals surface area (Å²) in [6.07, 6.45) is 2.55. The molecule has 3 N–H and O–H groups in total. The number of nitrogens with zero attached hydrogens (tertiary/aromatic N) is 1. The minimum atomic E-state index is -0.994. The summed E-state index contributed by atoms with van der Waals surface area (Å²) in [5, 5.41) is 3.20. The molecule has 1 aromatic rings. The molecule has 0 bridgehead atoms. The van der Waals surface area contributed by atoms with E-state index in [9.17, 15) is 4.39 Å². The van der Waals surface area contributed by atoms with E-state index in [4.69, 9.17) is 5.73 Å². The van der Waals surface area contributed by atoms with Crippen LogP contribution < -0.4 is 11.1 Å². The Morgan fingerprint density at radius 2 is 2.47 bits per heavy atom. The smallest absolute Gasteiger partial charge is 0.133 e. The SMILES string of the molecule is Nc1ncccc1C(F)C1CCCNC1. The summed E-state index contributed by atoms with van der Waals surface area (Å²) in [7, 11) is 0. The lowest BCUT2D eigenvalue weighted by Crippen LogP contribution is -2.32. The molecule has 1 aliphatic heterocycles. The number of nitrogen functional groups attached to an aromatic ring is 1. The van der Waals surface area contributed by atoms with Gasteiger partial charge in [0.05, 0.1) is 0 Å². The van der Waals surface area contributed by atoms with E-state index < -0.39 is 6.17 Å². The van der Waals surface area contributed by atoms with Gasteiger partial charge in [0, 0.05) is 24.2 Å². The molecule has 1 aromatic heterocycles. The maximum atomic E-state index is 14.1. The standard InChI is InChI=1S/C11H16FN3/c12-10(8-3-1-5-14-7-8)9-4-2-6-15-11(9)13/h2,4,6,8,10,14H,1,3,5,7H2,(H2,13,15). The van der Waals surface area contributed by atoms with Crippen molar-refractivity contribution in [3.63, 3.8) is 0 Å². The van der Waals surface area contributed by atoms with Crippen molar-refractivity contribution >= 4 is 5.82 Å². The summed E-state index contributed by atoms with van der Waals surface area (Å²) in [6.45, 7) is 1.72. The van der Waals surface area contributed by atoms with Gasteiger partial charge in [0.15, 0.2) is 0 Å². The van der Waals surface area contributed by atoms with Crippen molar-refractivity contribution in [2.75, 3.05) is 18.8 Å². The van der Waals surface area contributed by atoms with Crippen molar-refractivity contribution in [2.45, 2.75) is 19.0 Å². The van der Waals surface area contributed by atoms with Crippen LogP contribution >= 0.6 is 0 Å². The van der Waals surface area contributed by atoms with Gasteiger partial charge in [-0.25, -0.2) is 9.37 Å². The highest BCUT2D eigenvalue weighted by Crippen LogP contribution is 2.32. The highest BCUT2D eigenvalue weighted by molar-refractivity contribution is 5.40. The van der Waals surface area contributed by atoms with E-state index in [1.165, 1.54) is 0 Å². The number of piperidine rings is 1. The number of nitrogens with two attached hydrogens (primary N) is 1. The third-order valence-corrected chi connectivity index (χ3v) is 2.92. The van der Waals surface area contributed by atoms with E-state index in [-0.39, 0.29) is 5.92 Å². The fraction of sp³-hybridized carbons (Fsp3) is 0.545. The molecule has 0 saturated carbocycles. The van der Waals surface area contributed by atoms with Crippen LogP contribution in [0.3, 0.4) is 0 Å². The van der Waals surface area contributed by atoms with Crippen molar-refractivity contribution < 1.29 is 4.39 Å². The number of halogens is 1. The first-order valence-corrected chi connectivity index (χ1v) is 5.34. The summed E-state index contributed by atoms with van der Waals surface area (Å²) >= 11 is 0. The van der Waals surface area contributed by atoms with Crippen LogP contribution in [0.1, 0.15) is 24.6 Å². The van der Waals surface area contributed by atoms with Crippen molar-refractivity contribution in [1.82, 2.24) is 10.3 Å². The Morgan fingerprint density at radius 1 is 1.60 bits per heavy atom. The molecule has 1 saturated heterocycles. The zero-order valence-electron chi connectivity index (χ0n) is 8.62. The quantitative estimate of drug-likeness (QED) is 0.779. The predicted octanol–water partition coefficient (Wildman–Crippen LogP) is 1.67. The van der Waals surface area contributed by atoms with Crippen molar-refractivity contribution in [3.05, 3.63) is 23.9 Å². The summed E-state index contributed by atoms with van der Waals surface area (Å²) < 4.78 is 14.1. The van der Waals surface area contributed by atoms with Gasteiger partial charge >= 0.3 is 0 Å². The molecule has 82 valence electrons. The monoisotopic (exact) mass is 209 g/mol. The molecule has 0 aliphatic carbocycles. The normalized spacial score (nSPS) is 23.7. The van der Waals surface area contributed by atoms with Crippen molar-refractivity contribution in [3.8, 4) is 0 Å². The lowest BCUT2D eigenvalue weighted by Gasteiger charge is -2.26. The fourth-order valence-electron chi connectivity index (χ4n) is 2.05. The highest BCUT2D eigenvalue weighted by Gasteiger charge is 2.26. The second-order valence-corrected chi connectivity index (χ2v) is 3.99. The molecule has 3 nitrogen and oxygen atoms in total. The lowest BCUT2D eigenvalue weighted by atomic mass is 9.91. The number of pyridine rings is 1. The average Bonchev–Trinajstić information content (AvgIpc) is 2.30. The number of nitrogens with one attached hydrogen (secondary N) is 1. The molecule has 0 amide bonds. The fourth-order valence-corrected chi connectivity index (χ4v) is 2.05. The van der Waals surface area contributed by atoms with E-state index in [0.29, 0.717) is 11.4 Å².